The number of hydrogen-bond donors (Lipinski definition) is 1. The molecule has 4 nitrogen and oxygen atoms in total. The molecule has 0 saturated heterocycles. The Morgan fingerprint density at radius 1 is 1.45 bits per heavy atom. The van der Waals surface area contributed by atoms with Gasteiger partial charge in [0, 0.05) is 19.1 Å². The molecule has 1 N–H and O–H groups in total. The number of carboxylic acids is 1. The van der Waals surface area contributed by atoms with Crippen LogP contribution in [0.25, 0.3) is 0 Å². The van der Waals surface area contributed by atoms with Crippen LogP contribution in [0.5, 0.6) is 5.75 Å². The lowest BCUT2D eigenvalue weighted by molar-refractivity contribution is 0.0696. The molecule has 1 aliphatic carbocycles. The predicted molar refractivity (Wildman–Crippen MR) is 78.3 cm³/mol. The number of nitrogens with zero attached hydrogens (tertiary/aromatic N) is 1. The van der Waals surface area contributed by atoms with Gasteiger partial charge in [-0.2, -0.15) is 0 Å². The van der Waals surface area contributed by atoms with Gasteiger partial charge in [-0.25, -0.2) is 4.79 Å². The van der Waals surface area contributed by atoms with E-state index >= 15 is 0 Å². The monoisotopic (exact) mass is 277 g/mol. The third kappa shape index (κ3) is 4.53. The SMILES string of the molecule is CC(C)CN(CCOc1cccc(C(=O)O)c1)C1CC1. The van der Waals surface area contributed by atoms with Crippen LogP contribution in [0.1, 0.15) is 37.0 Å². The summed E-state index contributed by atoms with van der Waals surface area (Å²) in [6.07, 6.45) is 2.59. The molecule has 0 aromatic heterocycles. The van der Waals surface area contributed by atoms with Crippen molar-refractivity contribution in [1.29, 1.82) is 0 Å². The average molecular weight is 277 g/mol. The van der Waals surface area contributed by atoms with Gasteiger partial charge in [0.25, 0.3) is 0 Å². The fourth-order valence-electron chi connectivity index (χ4n) is 2.33. The smallest absolute Gasteiger partial charge is 0.335 e. The topological polar surface area (TPSA) is 49.8 Å². The van der Waals surface area contributed by atoms with Crippen molar-refractivity contribution in [2.75, 3.05) is 19.7 Å². The first-order valence-electron chi connectivity index (χ1n) is 7.26. The molecule has 0 heterocycles. The van der Waals surface area contributed by atoms with E-state index in [4.69, 9.17) is 9.84 Å². The van der Waals surface area contributed by atoms with E-state index in [9.17, 15) is 4.79 Å². The molecule has 1 saturated carbocycles. The molecule has 0 unspecified atom stereocenters. The molecule has 0 amide bonds. The van der Waals surface area contributed by atoms with E-state index in [1.54, 1.807) is 24.3 Å². The zero-order valence-electron chi connectivity index (χ0n) is 12.2. The Bertz CT molecular complexity index is 455. The van der Waals surface area contributed by atoms with Gasteiger partial charge < -0.3 is 9.84 Å². The van der Waals surface area contributed by atoms with Gasteiger partial charge in [0.15, 0.2) is 0 Å². The van der Waals surface area contributed by atoms with Crippen molar-refractivity contribution in [3.63, 3.8) is 0 Å². The summed E-state index contributed by atoms with van der Waals surface area (Å²) in [6, 6.07) is 7.39. The van der Waals surface area contributed by atoms with Gasteiger partial charge in [-0.1, -0.05) is 19.9 Å². The van der Waals surface area contributed by atoms with E-state index in [-0.39, 0.29) is 5.56 Å². The number of rotatable bonds is 8. The number of aromatic carboxylic acids is 1. The summed E-state index contributed by atoms with van der Waals surface area (Å²) in [6.45, 7) is 7.06. The normalized spacial score (nSPS) is 14.8. The van der Waals surface area contributed by atoms with Gasteiger partial charge >= 0.3 is 5.97 Å². The second kappa shape index (κ2) is 6.75. The Morgan fingerprint density at radius 2 is 2.20 bits per heavy atom. The van der Waals surface area contributed by atoms with Gasteiger partial charge in [0.05, 0.1) is 5.56 Å². The zero-order valence-corrected chi connectivity index (χ0v) is 12.2. The molecule has 2 rings (SSSR count). The maximum Gasteiger partial charge on any atom is 0.335 e. The van der Waals surface area contributed by atoms with E-state index in [0.29, 0.717) is 18.3 Å². The summed E-state index contributed by atoms with van der Waals surface area (Å²) in [5.74, 6) is 0.367. The van der Waals surface area contributed by atoms with E-state index in [2.05, 4.69) is 18.7 Å². The van der Waals surface area contributed by atoms with Crippen LogP contribution >= 0.6 is 0 Å². The van der Waals surface area contributed by atoms with Crippen LogP contribution < -0.4 is 4.74 Å². The van der Waals surface area contributed by atoms with E-state index in [0.717, 1.165) is 19.1 Å². The van der Waals surface area contributed by atoms with Crippen molar-refractivity contribution in [3.05, 3.63) is 29.8 Å². The standard InChI is InChI=1S/C16H23NO3/c1-12(2)11-17(14-6-7-14)8-9-20-15-5-3-4-13(10-15)16(18)19/h3-5,10,12,14H,6-9,11H2,1-2H3,(H,18,19). The first-order chi connectivity index (χ1) is 9.56. The van der Waals surface area contributed by atoms with Gasteiger partial charge in [0.1, 0.15) is 12.4 Å². The molecule has 0 spiro atoms. The van der Waals surface area contributed by atoms with Crippen molar-refractivity contribution >= 4 is 5.97 Å². The Balaban J connectivity index is 1.82. The fraction of sp³-hybridized carbons (Fsp3) is 0.562. The second-order valence-corrected chi connectivity index (χ2v) is 5.80. The Kier molecular flexibility index (Phi) is 5.01. The molecule has 1 aromatic rings. The highest BCUT2D eigenvalue weighted by Crippen LogP contribution is 2.27. The molecule has 1 aromatic carbocycles. The molecule has 0 bridgehead atoms. The highest BCUT2D eigenvalue weighted by Gasteiger charge is 2.28. The van der Waals surface area contributed by atoms with Crippen LogP contribution in [0.4, 0.5) is 0 Å². The van der Waals surface area contributed by atoms with Crippen molar-refractivity contribution in [1.82, 2.24) is 4.90 Å². The molecular weight excluding hydrogens is 254 g/mol. The molecule has 0 radical (unpaired) electrons. The molecule has 1 aliphatic rings. The lowest BCUT2D eigenvalue weighted by atomic mass is 10.2. The number of carboxylic acid groups (broad SMARTS) is 1. The minimum absolute atomic E-state index is 0.267. The summed E-state index contributed by atoms with van der Waals surface area (Å²) >= 11 is 0. The maximum absolute atomic E-state index is 10.9. The largest absolute Gasteiger partial charge is 0.492 e. The van der Waals surface area contributed by atoms with Crippen molar-refractivity contribution in [3.8, 4) is 5.75 Å². The Hall–Kier alpha value is -1.55. The van der Waals surface area contributed by atoms with Crippen LogP contribution in [-0.2, 0) is 0 Å². The minimum Gasteiger partial charge on any atom is -0.492 e. The summed E-state index contributed by atoms with van der Waals surface area (Å²) in [5.41, 5.74) is 0.267. The Morgan fingerprint density at radius 3 is 2.80 bits per heavy atom. The number of benzene rings is 1. The molecule has 0 aliphatic heterocycles. The van der Waals surface area contributed by atoms with Gasteiger partial charge in [0.2, 0.25) is 0 Å². The first kappa shape index (κ1) is 14.9. The lowest BCUT2D eigenvalue weighted by Gasteiger charge is -2.23. The van der Waals surface area contributed by atoms with Crippen LogP contribution in [0.3, 0.4) is 0 Å². The van der Waals surface area contributed by atoms with Crippen molar-refractivity contribution in [2.45, 2.75) is 32.7 Å². The summed E-state index contributed by atoms with van der Waals surface area (Å²) in [7, 11) is 0. The second-order valence-electron chi connectivity index (χ2n) is 5.80. The molecule has 20 heavy (non-hydrogen) atoms. The summed E-state index contributed by atoms with van der Waals surface area (Å²) < 4.78 is 5.68. The fourth-order valence-corrected chi connectivity index (χ4v) is 2.33. The summed E-state index contributed by atoms with van der Waals surface area (Å²) in [4.78, 5) is 13.4. The zero-order chi connectivity index (χ0) is 14.5. The van der Waals surface area contributed by atoms with Crippen LogP contribution in [0, 0.1) is 5.92 Å². The van der Waals surface area contributed by atoms with Crippen LogP contribution in [0.15, 0.2) is 24.3 Å². The molecule has 0 atom stereocenters. The van der Waals surface area contributed by atoms with E-state index in [1.165, 1.54) is 12.8 Å². The number of hydrogen-bond acceptors (Lipinski definition) is 3. The number of ether oxygens (including phenoxy) is 1. The summed E-state index contributed by atoms with van der Waals surface area (Å²) in [5, 5.41) is 8.94. The predicted octanol–water partition coefficient (Wildman–Crippen LogP) is 2.88. The maximum atomic E-state index is 10.9. The Labute approximate surface area is 120 Å². The number of carbonyl (C=O) groups is 1. The van der Waals surface area contributed by atoms with Gasteiger partial charge in [-0.05, 0) is 37.0 Å². The molecular formula is C16H23NO3. The first-order valence-corrected chi connectivity index (χ1v) is 7.26. The lowest BCUT2D eigenvalue weighted by Crippen LogP contribution is -2.33. The van der Waals surface area contributed by atoms with Gasteiger partial charge in [-0.15, -0.1) is 0 Å². The van der Waals surface area contributed by atoms with Crippen LogP contribution in [0.2, 0.25) is 0 Å². The third-order valence-corrected chi connectivity index (χ3v) is 3.39. The quantitative estimate of drug-likeness (QED) is 0.794. The minimum atomic E-state index is -0.921. The molecule has 1 fully saturated rings. The van der Waals surface area contributed by atoms with Crippen molar-refractivity contribution in [2.24, 2.45) is 5.92 Å². The van der Waals surface area contributed by atoms with E-state index in [1.807, 2.05) is 0 Å². The van der Waals surface area contributed by atoms with E-state index < -0.39 is 5.97 Å². The third-order valence-electron chi connectivity index (χ3n) is 3.39. The molecule has 4 heteroatoms. The van der Waals surface area contributed by atoms with Crippen molar-refractivity contribution < 1.29 is 14.6 Å². The molecule has 110 valence electrons. The average Bonchev–Trinajstić information content (AvgIpc) is 3.21. The highest BCUT2D eigenvalue weighted by molar-refractivity contribution is 5.87. The highest BCUT2D eigenvalue weighted by atomic mass is 16.5. The van der Waals surface area contributed by atoms with Gasteiger partial charge in [-0.3, -0.25) is 4.90 Å². The van der Waals surface area contributed by atoms with Crippen LogP contribution in [-0.4, -0.2) is 41.7 Å².